The van der Waals surface area contributed by atoms with Crippen LogP contribution in [0.15, 0.2) is 29.6 Å². The molecule has 1 aromatic carbocycles. The molecule has 2 aromatic rings. The standard InChI is InChI=1S/C14H15FN2O2S/c1-14(2,13(18)17(3)19)11-8-20-12(16-11)9-4-6-10(15)7-5-9/h4-8,19H,1-3H3. The van der Waals surface area contributed by atoms with Crippen molar-refractivity contribution in [1.82, 2.24) is 10.0 Å². The van der Waals surface area contributed by atoms with Gasteiger partial charge in [0.1, 0.15) is 10.8 Å². The molecule has 6 heteroatoms. The quantitative estimate of drug-likeness (QED) is 0.699. The molecule has 1 N–H and O–H groups in total. The lowest BCUT2D eigenvalue weighted by atomic mass is 9.89. The van der Waals surface area contributed by atoms with E-state index in [1.54, 1.807) is 31.4 Å². The van der Waals surface area contributed by atoms with Crippen LogP contribution in [-0.2, 0) is 10.2 Å². The number of halogens is 1. The lowest BCUT2D eigenvalue weighted by Gasteiger charge is -2.23. The number of thiazole rings is 1. The summed E-state index contributed by atoms with van der Waals surface area (Å²) in [5.41, 5.74) is 0.453. The number of likely N-dealkylation sites (N-methyl/N-ethyl adjacent to an activating group) is 1. The van der Waals surface area contributed by atoms with Gasteiger partial charge in [0.25, 0.3) is 5.91 Å². The fraction of sp³-hybridized carbons (Fsp3) is 0.286. The Morgan fingerprint density at radius 2 is 1.95 bits per heavy atom. The van der Waals surface area contributed by atoms with Crippen molar-refractivity contribution in [3.63, 3.8) is 0 Å². The summed E-state index contributed by atoms with van der Waals surface area (Å²) in [6.45, 7) is 3.40. The first kappa shape index (κ1) is 14.6. The van der Waals surface area contributed by atoms with Gasteiger partial charge in [-0.3, -0.25) is 10.0 Å². The van der Waals surface area contributed by atoms with Gasteiger partial charge in [0.05, 0.1) is 11.1 Å². The molecule has 0 atom stereocenters. The average Bonchev–Trinajstić information content (AvgIpc) is 2.88. The molecule has 0 unspecified atom stereocenters. The topological polar surface area (TPSA) is 53.4 Å². The summed E-state index contributed by atoms with van der Waals surface area (Å²) in [6, 6.07) is 6.03. The van der Waals surface area contributed by atoms with Crippen molar-refractivity contribution in [2.45, 2.75) is 19.3 Å². The van der Waals surface area contributed by atoms with E-state index >= 15 is 0 Å². The Bertz CT molecular complexity index is 620. The molecule has 2 rings (SSSR count). The second-order valence-corrected chi connectivity index (χ2v) is 5.86. The van der Waals surface area contributed by atoms with E-state index in [2.05, 4.69) is 4.98 Å². The van der Waals surface area contributed by atoms with E-state index in [0.717, 1.165) is 5.56 Å². The van der Waals surface area contributed by atoms with E-state index in [1.165, 1.54) is 30.5 Å². The van der Waals surface area contributed by atoms with Crippen molar-refractivity contribution in [1.29, 1.82) is 0 Å². The molecule has 0 saturated carbocycles. The van der Waals surface area contributed by atoms with Crippen LogP contribution in [-0.4, -0.2) is 28.2 Å². The van der Waals surface area contributed by atoms with E-state index in [1.807, 2.05) is 0 Å². The zero-order chi connectivity index (χ0) is 14.9. The molecular weight excluding hydrogens is 279 g/mol. The van der Waals surface area contributed by atoms with Crippen molar-refractivity contribution in [3.05, 3.63) is 41.2 Å². The molecule has 106 valence electrons. The van der Waals surface area contributed by atoms with Crippen molar-refractivity contribution < 1.29 is 14.4 Å². The molecule has 1 amide bonds. The SMILES string of the molecule is CN(O)C(=O)C(C)(C)c1csc(-c2ccc(F)cc2)n1. The summed E-state index contributed by atoms with van der Waals surface area (Å²) in [6.07, 6.45) is 0. The van der Waals surface area contributed by atoms with Crippen molar-refractivity contribution in [2.75, 3.05) is 7.05 Å². The van der Waals surface area contributed by atoms with Gasteiger partial charge in [-0.25, -0.2) is 14.4 Å². The van der Waals surface area contributed by atoms with Gasteiger partial charge in [-0.1, -0.05) is 0 Å². The van der Waals surface area contributed by atoms with Crippen LogP contribution in [0.3, 0.4) is 0 Å². The summed E-state index contributed by atoms with van der Waals surface area (Å²) in [7, 11) is 1.29. The number of aromatic nitrogens is 1. The summed E-state index contributed by atoms with van der Waals surface area (Å²) in [4.78, 5) is 16.4. The molecule has 0 saturated heterocycles. The van der Waals surface area contributed by atoms with Gasteiger partial charge in [-0.05, 0) is 38.1 Å². The molecule has 1 heterocycles. The van der Waals surface area contributed by atoms with Crippen LogP contribution in [0.5, 0.6) is 0 Å². The minimum atomic E-state index is -0.918. The first-order valence-electron chi connectivity index (χ1n) is 6.01. The Kier molecular flexibility index (Phi) is 3.87. The van der Waals surface area contributed by atoms with E-state index in [0.29, 0.717) is 15.8 Å². The summed E-state index contributed by atoms with van der Waals surface area (Å²) in [5.74, 6) is -0.739. The van der Waals surface area contributed by atoms with Gasteiger partial charge < -0.3 is 0 Å². The summed E-state index contributed by atoms with van der Waals surface area (Å²) in [5, 5.41) is 12.3. The minimum absolute atomic E-state index is 0.303. The van der Waals surface area contributed by atoms with Crippen molar-refractivity contribution >= 4 is 17.2 Å². The molecule has 0 aliphatic rings. The Morgan fingerprint density at radius 3 is 2.50 bits per heavy atom. The normalized spacial score (nSPS) is 11.4. The van der Waals surface area contributed by atoms with Crippen molar-refractivity contribution in [3.8, 4) is 10.6 Å². The number of carbonyl (C=O) groups is 1. The van der Waals surface area contributed by atoms with Gasteiger partial charge in [0, 0.05) is 18.0 Å². The van der Waals surface area contributed by atoms with Crippen LogP contribution < -0.4 is 0 Å². The predicted molar refractivity (Wildman–Crippen MR) is 75.1 cm³/mol. The lowest BCUT2D eigenvalue weighted by molar-refractivity contribution is -0.165. The number of rotatable bonds is 3. The van der Waals surface area contributed by atoms with Crippen LogP contribution in [0.4, 0.5) is 4.39 Å². The second kappa shape index (κ2) is 5.30. The number of hydroxylamine groups is 2. The third-order valence-corrected chi connectivity index (χ3v) is 3.96. The monoisotopic (exact) mass is 294 g/mol. The molecule has 20 heavy (non-hydrogen) atoms. The van der Waals surface area contributed by atoms with Crippen molar-refractivity contribution in [2.24, 2.45) is 0 Å². The highest BCUT2D eigenvalue weighted by atomic mass is 32.1. The molecule has 0 aliphatic heterocycles. The van der Waals surface area contributed by atoms with Crippen LogP contribution in [0.1, 0.15) is 19.5 Å². The number of nitrogens with zero attached hydrogens (tertiary/aromatic N) is 2. The van der Waals surface area contributed by atoms with Crippen LogP contribution >= 0.6 is 11.3 Å². The number of amides is 1. The maximum absolute atomic E-state index is 12.9. The number of hydrogen-bond donors (Lipinski definition) is 1. The molecule has 0 spiro atoms. The number of benzene rings is 1. The Labute approximate surface area is 120 Å². The van der Waals surface area contributed by atoms with Gasteiger partial charge in [-0.15, -0.1) is 11.3 Å². The molecule has 1 aromatic heterocycles. The fourth-order valence-electron chi connectivity index (χ4n) is 1.80. The summed E-state index contributed by atoms with van der Waals surface area (Å²) < 4.78 is 12.9. The fourth-order valence-corrected chi connectivity index (χ4v) is 2.79. The maximum Gasteiger partial charge on any atom is 0.257 e. The van der Waals surface area contributed by atoms with Crippen LogP contribution in [0.2, 0.25) is 0 Å². The largest absolute Gasteiger partial charge is 0.286 e. The Morgan fingerprint density at radius 1 is 1.35 bits per heavy atom. The molecule has 0 bridgehead atoms. The molecule has 4 nitrogen and oxygen atoms in total. The van der Waals surface area contributed by atoms with E-state index in [9.17, 15) is 14.4 Å². The van der Waals surface area contributed by atoms with E-state index in [4.69, 9.17) is 0 Å². The third-order valence-electron chi connectivity index (χ3n) is 3.06. The minimum Gasteiger partial charge on any atom is -0.286 e. The zero-order valence-electron chi connectivity index (χ0n) is 11.4. The van der Waals surface area contributed by atoms with Gasteiger partial charge >= 0.3 is 0 Å². The van der Waals surface area contributed by atoms with Crippen LogP contribution in [0, 0.1) is 5.82 Å². The summed E-state index contributed by atoms with van der Waals surface area (Å²) >= 11 is 1.38. The zero-order valence-corrected chi connectivity index (χ0v) is 12.2. The molecule has 0 fully saturated rings. The second-order valence-electron chi connectivity index (χ2n) is 5.00. The van der Waals surface area contributed by atoms with E-state index < -0.39 is 11.3 Å². The van der Waals surface area contributed by atoms with E-state index in [-0.39, 0.29) is 5.82 Å². The Hall–Kier alpha value is -1.79. The average molecular weight is 294 g/mol. The highest BCUT2D eigenvalue weighted by Crippen LogP contribution is 2.31. The number of carbonyl (C=O) groups excluding carboxylic acids is 1. The highest BCUT2D eigenvalue weighted by Gasteiger charge is 2.34. The third kappa shape index (κ3) is 2.71. The Balaban J connectivity index is 2.33. The van der Waals surface area contributed by atoms with Gasteiger partial charge in [0.2, 0.25) is 0 Å². The smallest absolute Gasteiger partial charge is 0.257 e. The molecular formula is C14H15FN2O2S. The first-order chi connectivity index (χ1) is 9.32. The van der Waals surface area contributed by atoms with Crippen LogP contribution in [0.25, 0.3) is 10.6 Å². The molecule has 0 aliphatic carbocycles. The highest BCUT2D eigenvalue weighted by molar-refractivity contribution is 7.13. The number of hydrogen-bond acceptors (Lipinski definition) is 4. The van der Waals surface area contributed by atoms with Gasteiger partial charge in [0.15, 0.2) is 0 Å². The lowest BCUT2D eigenvalue weighted by Crippen LogP contribution is -2.39. The maximum atomic E-state index is 12.9. The predicted octanol–water partition coefficient (Wildman–Crippen LogP) is 3.07. The van der Waals surface area contributed by atoms with Gasteiger partial charge in [-0.2, -0.15) is 0 Å². The first-order valence-corrected chi connectivity index (χ1v) is 6.89. The molecule has 0 radical (unpaired) electrons.